The Hall–Kier alpha value is -2.70. The van der Waals surface area contributed by atoms with Gasteiger partial charge in [-0.3, -0.25) is 9.59 Å². The van der Waals surface area contributed by atoms with Gasteiger partial charge in [-0.25, -0.2) is 9.37 Å². The molecule has 0 radical (unpaired) electrons. The number of nitrogens with zero attached hydrogens (tertiary/aromatic N) is 3. The molecule has 1 aromatic heterocycles. The van der Waals surface area contributed by atoms with Gasteiger partial charge in [0.25, 0.3) is 0 Å². The number of aromatic nitrogens is 1. The van der Waals surface area contributed by atoms with E-state index in [0.717, 1.165) is 17.9 Å². The Morgan fingerprint density at radius 2 is 1.58 bits per heavy atom. The van der Waals surface area contributed by atoms with E-state index < -0.39 is 0 Å². The molecule has 2 fully saturated rings. The van der Waals surface area contributed by atoms with Crippen LogP contribution in [0.1, 0.15) is 50.8 Å². The van der Waals surface area contributed by atoms with Crippen LogP contribution in [-0.4, -0.2) is 52.8 Å². The van der Waals surface area contributed by atoms with E-state index in [9.17, 15) is 14.0 Å². The van der Waals surface area contributed by atoms with Crippen molar-refractivity contribution in [2.45, 2.75) is 51.4 Å². The first-order chi connectivity index (χ1) is 15.1. The molecule has 1 aromatic carbocycles. The summed E-state index contributed by atoms with van der Waals surface area (Å²) in [6.07, 6.45) is 9.13. The van der Waals surface area contributed by atoms with E-state index in [2.05, 4.69) is 4.98 Å². The van der Waals surface area contributed by atoms with Crippen molar-refractivity contribution in [2.75, 3.05) is 26.2 Å². The minimum atomic E-state index is -0.301. The SMILES string of the molecule is O=C(CCc1ncc(-c2ccc(F)cc2)o1)N1CCN(C(=O)CCC2CCCC2)CC1. The van der Waals surface area contributed by atoms with Crippen LogP contribution in [0.25, 0.3) is 11.3 Å². The lowest BCUT2D eigenvalue weighted by Gasteiger charge is -2.35. The Labute approximate surface area is 182 Å². The van der Waals surface area contributed by atoms with Crippen molar-refractivity contribution in [2.24, 2.45) is 5.92 Å². The van der Waals surface area contributed by atoms with Crippen LogP contribution in [0.2, 0.25) is 0 Å². The molecule has 2 amide bonds. The quantitative estimate of drug-likeness (QED) is 0.669. The molecular weight excluding hydrogens is 397 g/mol. The zero-order chi connectivity index (χ0) is 21.6. The highest BCUT2D eigenvalue weighted by Gasteiger charge is 2.25. The summed E-state index contributed by atoms with van der Waals surface area (Å²) in [7, 11) is 0. The van der Waals surface area contributed by atoms with Gasteiger partial charge < -0.3 is 14.2 Å². The molecule has 31 heavy (non-hydrogen) atoms. The lowest BCUT2D eigenvalue weighted by molar-refractivity contribution is -0.139. The van der Waals surface area contributed by atoms with Crippen LogP contribution in [0.5, 0.6) is 0 Å². The van der Waals surface area contributed by atoms with Crippen molar-refractivity contribution in [1.29, 1.82) is 0 Å². The maximum Gasteiger partial charge on any atom is 0.223 e. The third-order valence-corrected chi connectivity index (χ3v) is 6.46. The predicted molar refractivity (Wildman–Crippen MR) is 115 cm³/mol. The maximum absolute atomic E-state index is 13.1. The molecule has 7 heteroatoms. The van der Waals surface area contributed by atoms with Gasteiger partial charge in [0.2, 0.25) is 11.8 Å². The second-order valence-corrected chi connectivity index (χ2v) is 8.58. The first-order valence-corrected chi connectivity index (χ1v) is 11.3. The van der Waals surface area contributed by atoms with Gasteiger partial charge in [0, 0.05) is 51.0 Å². The molecule has 2 aliphatic rings. The molecule has 1 aliphatic carbocycles. The highest BCUT2D eigenvalue weighted by atomic mass is 19.1. The van der Waals surface area contributed by atoms with E-state index in [1.807, 2.05) is 9.80 Å². The number of hydrogen-bond acceptors (Lipinski definition) is 4. The molecule has 2 aromatic rings. The molecule has 0 bridgehead atoms. The number of hydrogen-bond donors (Lipinski definition) is 0. The zero-order valence-electron chi connectivity index (χ0n) is 17.9. The fourth-order valence-electron chi connectivity index (χ4n) is 4.54. The van der Waals surface area contributed by atoms with Gasteiger partial charge in [-0.1, -0.05) is 25.7 Å². The Balaban J connectivity index is 1.19. The first-order valence-electron chi connectivity index (χ1n) is 11.3. The highest BCUT2D eigenvalue weighted by Crippen LogP contribution is 2.28. The summed E-state index contributed by atoms with van der Waals surface area (Å²) in [6.45, 7) is 2.40. The lowest BCUT2D eigenvalue weighted by atomic mass is 10.0. The van der Waals surface area contributed by atoms with E-state index in [4.69, 9.17) is 4.42 Å². The number of piperazine rings is 1. The highest BCUT2D eigenvalue weighted by molar-refractivity contribution is 5.78. The molecule has 1 saturated carbocycles. The Bertz CT molecular complexity index is 882. The molecule has 0 unspecified atom stereocenters. The predicted octanol–water partition coefficient (Wildman–Crippen LogP) is 4.05. The average Bonchev–Trinajstić information content (AvgIpc) is 3.49. The van der Waals surface area contributed by atoms with Crippen LogP contribution in [0.4, 0.5) is 4.39 Å². The average molecular weight is 428 g/mol. The molecule has 166 valence electrons. The van der Waals surface area contributed by atoms with E-state index in [0.29, 0.717) is 57.1 Å². The second kappa shape index (κ2) is 10.1. The van der Waals surface area contributed by atoms with Crippen LogP contribution < -0.4 is 0 Å². The van der Waals surface area contributed by atoms with Crippen molar-refractivity contribution in [1.82, 2.24) is 14.8 Å². The van der Waals surface area contributed by atoms with Crippen molar-refractivity contribution >= 4 is 11.8 Å². The number of halogens is 1. The number of amides is 2. The van der Waals surface area contributed by atoms with Crippen LogP contribution >= 0.6 is 0 Å². The molecule has 0 N–H and O–H groups in total. The fourth-order valence-corrected chi connectivity index (χ4v) is 4.54. The summed E-state index contributed by atoms with van der Waals surface area (Å²) in [5.41, 5.74) is 0.750. The Morgan fingerprint density at radius 1 is 0.968 bits per heavy atom. The summed E-state index contributed by atoms with van der Waals surface area (Å²) in [4.78, 5) is 33.0. The second-order valence-electron chi connectivity index (χ2n) is 8.58. The number of aryl methyl sites for hydroxylation is 1. The number of carbonyl (C=O) groups is 2. The molecule has 4 rings (SSSR count). The largest absolute Gasteiger partial charge is 0.441 e. The summed E-state index contributed by atoms with van der Waals surface area (Å²) in [5.74, 6) is 1.77. The van der Waals surface area contributed by atoms with Crippen LogP contribution in [0.15, 0.2) is 34.9 Å². The van der Waals surface area contributed by atoms with E-state index >= 15 is 0 Å². The van der Waals surface area contributed by atoms with Crippen molar-refractivity contribution in [3.05, 3.63) is 42.2 Å². The number of oxazole rings is 1. The number of rotatable bonds is 7. The van der Waals surface area contributed by atoms with Gasteiger partial charge in [0.1, 0.15) is 5.82 Å². The van der Waals surface area contributed by atoms with Crippen molar-refractivity contribution in [3.8, 4) is 11.3 Å². The summed E-state index contributed by atoms with van der Waals surface area (Å²) < 4.78 is 18.8. The minimum Gasteiger partial charge on any atom is -0.441 e. The summed E-state index contributed by atoms with van der Waals surface area (Å²) in [6, 6.07) is 6.03. The Kier molecular flexibility index (Phi) is 6.99. The van der Waals surface area contributed by atoms with Gasteiger partial charge in [-0.2, -0.15) is 0 Å². The molecule has 1 aliphatic heterocycles. The third kappa shape index (κ3) is 5.71. The number of benzene rings is 1. The Morgan fingerprint density at radius 3 is 2.23 bits per heavy atom. The molecular formula is C24H30FN3O3. The molecule has 6 nitrogen and oxygen atoms in total. The van der Waals surface area contributed by atoms with Crippen LogP contribution in [0, 0.1) is 11.7 Å². The number of carbonyl (C=O) groups excluding carboxylic acids is 2. The molecule has 0 spiro atoms. The molecule has 0 atom stereocenters. The minimum absolute atomic E-state index is 0.0552. The van der Waals surface area contributed by atoms with Crippen molar-refractivity contribution in [3.63, 3.8) is 0 Å². The van der Waals surface area contributed by atoms with Gasteiger partial charge in [-0.15, -0.1) is 0 Å². The van der Waals surface area contributed by atoms with Crippen LogP contribution in [0.3, 0.4) is 0 Å². The topological polar surface area (TPSA) is 66.7 Å². The van der Waals surface area contributed by atoms with Gasteiger partial charge in [0.15, 0.2) is 11.7 Å². The lowest BCUT2D eigenvalue weighted by Crippen LogP contribution is -2.50. The monoisotopic (exact) mass is 427 g/mol. The molecule has 2 heterocycles. The van der Waals surface area contributed by atoms with Gasteiger partial charge in [0.05, 0.1) is 6.20 Å². The molecule has 1 saturated heterocycles. The van der Waals surface area contributed by atoms with Gasteiger partial charge >= 0.3 is 0 Å². The maximum atomic E-state index is 13.1. The summed E-state index contributed by atoms with van der Waals surface area (Å²) >= 11 is 0. The van der Waals surface area contributed by atoms with Crippen molar-refractivity contribution < 1.29 is 18.4 Å². The normalized spacial score (nSPS) is 17.3. The van der Waals surface area contributed by atoms with E-state index in [-0.39, 0.29) is 17.6 Å². The summed E-state index contributed by atoms with van der Waals surface area (Å²) in [5, 5.41) is 0. The zero-order valence-corrected chi connectivity index (χ0v) is 17.9. The fraction of sp³-hybridized carbons (Fsp3) is 0.542. The van der Waals surface area contributed by atoms with E-state index in [1.54, 1.807) is 18.3 Å². The van der Waals surface area contributed by atoms with Crippen LogP contribution in [-0.2, 0) is 16.0 Å². The first kappa shape index (κ1) is 21.5. The standard InChI is InChI=1S/C24H30FN3O3/c25-20-8-6-19(7-9-20)21-17-26-22(31-21)10-12-24(30)28-15-13-27(14-16-28)23(29)11-5-18-3-1-2-4-18/h6-9,17-18H,1-5,10-16H2. The van der Waals surface area contributed by atoms with E-state index in [1.165, 1.54) is 37.8 Å². The third-order valence-electron chi connectivity index (χ3n) is 6.46. The van der Waals surface area contributed by atoms with Gasteiger partial charge in [-0.05, 0) is 36.6 Å². The smallest absolute Gasteiger partial charge is 0.223 e.